The molecule has 0 radical (unpaired) electrons. The van der Waals surface area contributed by atoms with Gasteiger partial charge >= 0.3 is 5.97 Å². The van der Waals surface area contributed by atoms with Crippen LogP contribution >= 0.6 is 0 Å². The average Bonchev–Trinajstić information content (AvgIpc) is 2.96. The predicted molar refractivity (Wildman–Crippen MR) is 115 cm³/mol. The van der Waals surface area contributed by atoms with Crippen molar-refractivity contribution in [2.45, 2.75) is 23.9 Å². The SMILES string of the molecule is C[C@@]1(N)C([C@@H](CCO)C(=O)O)C=C(c2ccc(S(C)(=O)=O)cc2)N1c1cccc(F)c1. The topological polar surface area (TPSA) is 121 Å². The fraction of sp³-hybridized carbons (Fsp3) is 0.318. The maximum Gasteiger partial charge on any atom is 0.307 e. The molecule has 0 saturated carbocycles. The number of benzene rings is 2. The van der Waals surface area contributed by atoms with Gasteiger partial charge in [-0.25, -0.2) is 12.8 Å². The molecule has 0 aromatic heterocycles. The van der Waals surface area contributed by atoms with E-state index in [1.807, 2.05) is 0 Å². The molecular formula is C22H25FN2O5S. The molecule has 0 saturated heterocycles. The van der Waals surface area contributed by atoms with Gasteiger partial charge in [-0.2, -0.15) is 0 Å². The number of halogens is 1. The zero-order chi connectivity index (χ0) is 23.0. The summed E-state index contributed by atoms with van der Waals surface area (Å²) in [6.07, 6.45) is 2.81. The minimum atomic E-state index is -3.39. The van der Waals surface area contributed by atoms with Crippen molar-refractivity contribution in [3.8, 4) is 0 Å². The van der Waals surface area contributed by atoms with Crippen molar-refractivity contribution in [3.63, 3.8) is 0 Å². The summed E-state index contributed by atoms with van der Waals surface area (Å²) in [5.41, 5.74) is 6.96. The lowest BCUT2D eigenvalue weighted by Crippen LogP contribution is -2.56. The van der Waals surface area contributed by atoms with E-state index in [-0.39, 0.29) is 17.9 Å². The zero-order valence-corrected chi connectivity index (χ0v) is 18.0. The van der Waals surface area contributed by atoms with Gasteiger partial charge in [0.25, 0.3) is 0 Å². The maximum absolute atomic E-state index is 14.0. The molecule has 0 fully saturated rings. The highest BCUT2D eigenvalue weighted by Crippen LogP contribution is 2.45. The first kappa shape index (κ1) is 22.9. The molecule has 3 atom stereocenters. The number of sulfone groups is 1. The Morgan fingerprint density at radius 3 is 2.42 bits per heavy atom. The fourth-order valence-corrected chi connectivity index (χ4v) is 4.70. The van der Waals surface area contributed by atoms with Crippen LogP contribution in [0.4, 0.5) is 10.1 Å². The number of rotatable bonds is 7. The number of aliphatic hydroxyl groups is 1. The van der Waals surface area contributed by atoms with Crippen LogP contribution in [0.15, 0.2) is 59.5 Å². The first-order valence-corrected chi connectivity index (χ1v) is 11.6. The van der Waals surface area contributed by atoms with E-state index < -0.39 is 39.1 Å². The summed E-state index contributed by atoms with van der Waals surface area (Å²) >= 11 is 0. The van der Waals surface area contributed by atoms with Gasteiger partial charge in [0.05, 0.1) is 16.5 Å². The third-order valence-corrected chi connectivity index (χ3v) is 6.70. The van der Waals surface area contributed by atoms with Crippen molar-refractivity contribution in [1.29, 1.82) is 0 Å². The smallest absolute Gasteiger partial charge is 0.307 e. The number of aliphatic carboxylic acids is 1. The number of carboxylic acid groups (broad SMARTS) is 1. The number of hydrogen-bond acceptors (Lipinski definition) is 6. The number of carboxylic acids is 1. The van der Waals surface area contributed by atoms with E-state index in [9.17, 15) is 27.8 Å². The average molecular weight is 449 g/mol. The fourth-order valence-electron chi connectivity index (χ4n) is 4.07. The van der Waals surface area contributed by atoms with Crippen LogP contribution in [0.3, 0.4) is 0 Å². The highest BCUT2D eigenvalue weighted by atomic mass is 32.2. The lowest BCUT2D eigenvalue weighted by Gasteiger charge is -2.41. The van der Waals surface area contributed by atoms with Crippen molar-refractivity contribution in [3.05, 3.63) is 66.0 Å². The second kappa shape index (κ2) is 8.41. The van der Waals surface area contributed by atoms with Gasteiger partial charge in [0.15, 0.2) is 9.84 Å². The number of nitrogens with zero attached hydrogens (tertiary/aromatic N) is 1. The van der Waals surface area contributed by atoms with Crippen LogP contribution in [-0.4, -0.2) is 43.1 Å². The van der Waals surface area contributed by atoms with E-state index in [0.29, 0.717) is 16.9 Å². The summed E-state index contributed by atoms with van der Waals surface area (Å²) < 4.78 is 37.6. The van der Waals surface area contributed by atoms with Gasteiger partial charge in [0, 0.05) is 30.2 Å². The Morgan fingerprint density at radius 2 is 1.90 bits per heavy atom. The number of anilines is 1. The summed E-state index contributed by atoms with van der Waals surface area (Å²) in [5, 5.41) is 19.1. The first-order valence-electron chi connectivity index (χ1n) is 9.67. The molecule has 31 heavy (non-hydrogen) atoms. The van der Waals surface area contributed by atoms with Crippen LogP contribution in [0.25, 0.3) is 5.70 Å². The maximum atomic E-state index is 14.0. The molecule has 1 heterocycles. The van der Waals surface area contributed by atoms with Crippen molar-refractivity contribution >= 4 is 27.2 Å². The molecule has 7 nitrogen and oxygen atoms in total. The summed E-state index contributed by atoms with van der Waals surface area (Å²) in [5.74, 6) is -3.25. The third kappa shape index (κ3) is 4.48. The number of aliphatic hydroxyl groups excluding tert-OH is 1. The highest BCUT2D eigenvalue weighted by molar-refractivity contribution is 7.90. The molecule has 0 bridgehead atoms. The minimum absolute atomic E-state index is 0.000572. The van der Waals surface area contributed by atoms with Crippen molar-refractivity contribution < 1.29 is 27.8 Å². The van der Waals surface area contributed by atoms with Crippen molar-refractivity contribution in [1.82, 2.24) is 0 Å². The molecular weight excluding hydrogens is 423 g/mol. The van der Waals surface area contributed by atoms with Crippen molar-refractivity contribution in [2.24, 2.45) is 17.6 Å². The Labute approximate surface area is 180 Å². The van der Waals surface area contributed by atoms with Gasteiger partial charge in [-0.3, -0.25) is 4.79 Å². The molecule has 1 aliphatic rings. The van der Waals surface area contributed by atoms with Gasteiger partial charge in [0.2, 0.25) is 0 Å². The lowest BCUT2D eigenvalue weighted by molar-refractivity contribution is -0.144. The molecule has 0 amide bonds. The standard InChI is InChI=1S/C22H25FN2O5S/c1-22(24)19(18(10-11-26)21(27)28)13-20(25(22)16-5-3-4-15(23)12-16)14-6-8-17(9-7-14)31(2,29)30/h3-9,12-13,18-19,26H,10-11,24H2,1-2H3,(H,27,28)/t18-,19?,22+/m1/s1. The second-order valence-corrected chi connectivity index (χ2v) is 9.89. The molecule has 4 N–H and O–H groups in total. The second-order valence-electron chi connectivity index (χ2n) is 7.87. The molecule has 0 spiro atoms. The Bertz CT molecular complexity index is 1110. The molecule has 166 valence electrons. The highest BCUT2D eigenvalue weighted by Gasteiger charge is 2.48. The van der Waals surface area contributed by atoms with Crippen LogP contribution in [-0.2, 0) is 14.6 Å². The lowest BCUT2D eigenvalue weighted by atomic mass is 9.82. The predicted octanol–water partition coefficient (Wildman–Crippen LogP) is 2.46. The van der Waals surface area contributed by atoms with Crippen LogP contribution < -0.4 is 10.6 Å². The Kier molecular flexibility index (Phi) is 6.22. The first-order chi connectivity index (χ1) is 14.5. The molecule has 0 aliphatic carbocycles. The molecule has 1 unspecified atom stereocenters. The van der Waals surface area contributed by atoms with E-state index in [1.165, 1.54) is 30.3 Å². The largest absolute Gasteiger partial charge is 0.481 e. The zero-order valence-electron chi connectivity index (χ0n) is 17.2. The monoisotopic (exact) mass is 448 g/mol. The molecule has 1 aliphatic heterocycles. The quantitative estimate of drug-likeness (QED) is 0.595. The molecule has 2 aromatic rings. The van der Waals surface area contributed by atoms with E-state index in [2.05, 4.69) is 0 Å². The van der Waals surface area contributed by atoms with Gasteiger partial charge in [0.1, 0.15) is 5.82 Å². The molecule has 9 heteroatoms. The van der Waals surface area contributed by atoms with E-state index in [4.69, 9.17) is 5.73 Å². The van der Waals surface area contributed by atoms with Gasteiger partial charge < -0.3 is 20.8 Å². The van der Waals surface area contributed by atoms with Gasteiger partial charge in [-0.15, -0.1) is 0 Å². The van der Waals surface area contributed by atoms with E-state index in [1.54, 1.807) is 36.1 Å². The summed E-state index contributed by atoms with van der Waals surface area (Å²) in [6.45, 7) is 1.33. The van der Waals surface area contributed by atoms with E-state index in [0.717, 1.165) is 6.26 Å². The van der Waals surface area contributed by atoms with Gasteiger partial charge in [-0.05, 0) is 49.2 Å². The number of hydrogen-bond donors (Lipinski definition) is 3. The number of carbonyl (C=O) groups is 1. The van der Waals surface area contributed by atoms with Crippen LogP contribution in [0.5, 0.6) is 0 Å². The number of nitrogens with two attached hydrogens (primary N) is 1. The molecule has 3 rings (SSSR count). The van der Waals surface area contributed by atoms with Crippen LogP contribution in [0.1, 0.15) is 18.9 Å². The Balaban J connectivity index is 2.17. The van der Waals surface area contributed by atoms with Crippen molar-refractivity contribution in [2.75, 3.05) is 17.8 Å². The summed E-state index contributed by atoms with van der Waals surface area (Å²) in [6, 6.07) is 11.9. The normalized spacial score (nSPS) is 22.3. The Morgan fingerprint density at radius 1 is 1.26 bits per heavy atom. The van der Waals surface area contributed by atoms with E-state index >= 15 is 0 Å². The summed E-state index contributed by atoms with van der Waals surface area (Å²) in [7, 11) is -3.39. The minimum Gasteiger partial charge on any atom is -0.481 e. The molecule has 2 aromatic carbocycles. The van der Waals surface area contributed by atoms with Crippen LogP contribution in [0.2, 0.25) is 0 Å². The summed E-state index contributed by atoms with van der Waals surface area (Å²) in [4.78, 5) is 13.7. The van der Waals surface area contributed by atoms with Crippen LogP contribution in [0, 0.1) is 17.7 Å². The van der Waals surface area contributed by atoms with Gasteiger partial charge in [-0.1, -0.05) is 24.3 Å². The Hall–Kier alpha value is -2.75. The third-order valence-electron chi connectivity index (χ3n) is 5.57.